The Morgan fingerprint density at radius 1 is 1.36 bits per heavy atom. The standard InChI is InChI=1S/C9H9NO/c1-7-9-5-3-2-4-8(9)6-11-10-7/h2-5H,6H2,1H3. The van der Waals surface area contributed by atoms with Crippen molar-refractivity contribution in [3.63, 3.8) is 0 Å². The summed E-state index contributed by atoms with van der Waals surface area (Å²) in [4.78, 5) is 5.00. The van der Waals surface area contributed by atoms with Crippen molar-refractivity contribution in [1.29, 1.82) is 0 Å². The average Bonchev–Trinajstić information content (AvgIpc) is 2.06. The van der Waals surface area contributed by atoms with Gasteiger partial charge in [0, 0.05) is 11.1 Å². The number of hydrogen-bond acceptors (Lipinski definition) is 2. The van der Waals surface area contributed by atoms with Crippen LogP contribution in [-0.2, 0) is 11.4 Å². The van der Waals surface area contributed by atoms with Gasteiger partial charge in [0.1, 0.15) is 6.61 Å². The summed E-state index contributed by atoms with van der Waals surface area (Å²) in [5.74, 6) is 0. The molecular formula is C9H9NO. The molecule has 0 atom stereocenters. The van der Waals surface area contributed by atoms with E-state index in [1.807, 2.05) is 19.1 Å². The third-order valence-electron chi connectivity index (χ3n) is 1.83. The van der Waals surface area contributed by atoms with E-state index in [4.69, 9.17) is 4.84 Å². The third kappa shape index (κ3) is 1.00. The summed E-state index contributed by atoms with van der Waals surface area (Å²) in [6.07, 6.45) is 0. The second kappa shape index (κ2) is 2.38. The summed E-state index contributed by atoms with van der Waals surface area (Å²) < 4.78 is 0. The monoisotopic (exact) mass is 147 g/mol. The normalized spacial score (nSPS) is 14.8. The van der Waals surface area contributed by atoms with E-state index in [0.717, 1.165) is 5.71 Å². The van der Waals surface area contributed by atoms with E-state index in [1.54, 1.807) is 0 Å². The minimum Gasteiger partial charge on any atom is -0.391 e. The van der Waals surface area contributed by atoms with Crippen molar-refractivity contribution in [1.82, 2.24) is 0 Å². The summed E-state index contributed by atoms with van der Waals surface area (Å²) in [5.41, 5.74) is 3.39. The minimum atomic E-state index is 0.605. The number of hydrogen-bond donors (Lipinski definition) is 0. The largest absolute Gasteiger partial charge is 0.391 e. The molecule has 1 heterocycles. The van der Waals surface area contributed by atoms with Crippen LogP contribution in [0.3, 0.4) is 0 Å². The fourth-order valence-corrected chi connectivity index (χ4v) is 1.25. The van der Waals surface area contributed by atoms with Crippen molar-refractivity contribution >= 4 is 5.71 Å². The highest BCUT2D eigenvalue weighted by molar-refractivity contribution is 5.99. The van der Waals surface area contributed by atoms with Gasteiger partial charge in [-0.05, 0) is 6.92 Å². The molecule has 0 amide bonds. The average molecular weight is 147 g/mol. The molecule has 0 fully saturated rings. The van der Waals surface area contributed by atoms with Gasteiger partial charge in [-0.25, -0.2) is 0 Å². The molecule has 1 aliphatic heterocycles. The zero-order valence-electron chi connectivity index (χ0n) is 6.37. The minimum absolute atomic E-state index is 0.605. The van der Waals surface area contributed by atoms with Crippen molar-refractivity contribution < 1.29 is 4.84 Å². The first-order valence-corrected chi connectivity index (χ1v) is 3.63. The van der Waals surface area contributed by atoms with Crippen LogP contribution >= 0.6 is 0 Å². The molecule has 0 spiro atoms. The van der Waals surface area contributed by atoms with Crippen molar-refractivity contribution in [3.05, 3.63) is 35.4 Å². The maximum absolute atomic E-state index is 5.00. The van der Waals surface area contributed by atoms with Crippen LogP contribution in [0.4, 0.5) is 0 Å². The Kier molecular flexibility index (Phi) is 1.39. The molecule has 0 aromatic heterocycles. The molecule has 1 aromatic rings. The first-order chi connectivity index (χ1) is 5.38. The smallest absolute Gasteiger partial charge is 0.142 e. The maximum atomic E-state index is 5.00. The molecule has 2 rings (SSSR count). The highest BCUT2D eigenvalue weighted by atomic mass is 16.6. The van der Waals surface area contributed by atoms with Gasteiger partial charge >= 0.3 is 0 Å². The first-order valence-electron chi connectivity index (χ1n) is 3.63. The van der Waals surface area contributed by atoms with Crippen LogP contribution in [0.2, 0.25) is 0 Å². The summed E-state index contributed by atoms with van der Waals surface area (Å²) in [5, 5.41) is 3.89. The molecule has 0 saturated carbocycles. The molecule has 0 bridgehead atoms. The van der Waals surface area contributed by atoms with E-state index in [0.29, 0.717) is 6.61 Å². The Morgan fingerprint density at radius 3 is 3.00 bits per heavy atom. The van der Waals surface area contributed by atoms with E-state index in [1.165, 1.54) is 11.1 Å². The molecule has 1 aromatic carbocycles. The van der Waals surface area contributed by atoms with Crippen molar-refractivity contribution in [2.75, 3.05) is 0 Å². The van der Waals surface area contributed by atoms with Gasteiger partial charge in [0.25, 0.3) is 0 Å². The Balaban J connectivity index is 2.56. The molecule has 0 N–H and O–H groups in total. The lowest BCUT2D eigenvalue weighted by molar-refractivity contribution is 0.126. The van der Waals surface area contributed by atoms with Crippen molar-refractivity contribution in [3.8, 4) is 0 Å². The number of nitrogens with zero attached hydrogens (tertiary/aromatic N) is 1. The zero-order chi connectivity index (χ0) is 7.68. The molecule has 1 aliphatic rings. The number of fused-ring (bicyclic) bond motifs is 1. The summed E-state index contributed by atoms with van der Waals surface area (Å²) in [6, 6.07) is 8.16. The van der Waals surface area contributed by atoms with Crippen molar-refractivity contribution in [2.24, 2.45) is 5.16 Å². The predicted octanol–water partition coefficient (Wildman–Crippen LogP) is 1.94. The van der Waals surface area contributed by atoms with E-state index in [2.05, 4.69) is 17.3 Å². The highest BCUT2D eigenvalue weighted by Crippen LogP contribution is 2.15. The molecule has 2 nitrogen and oxygen atoms in total. The SMILES string of the molecule is CC1=NOCc2ccccc21. The second-order valence-corrected chi connectivity index (χ2v) is 2.61. The predicted molar refractivity (Wildman–Crippen MR) is 43.4 cm³/mol. The summed E-state index contributed by atoms with van der Waals surface area (Å²) in [7, 11) is 0. The second-order valence-electron chi connectivity index (χ2n) is 2.61. The van der Waals surface area contributed by atoms with Gasteiger partial charge in [-0.1, -0.05) is 29.4 Å². The van der Waals surface area contributed by atoms with Gasteiger partial charge < -0.3 is 4.84 Å². The lowest BCUT2D eigenvalue weighted by atomic mass is 10.0. The maximum Gasteiger partial charge on any atom is 0.142 e. The Hall–Kier alpha value is -1.31. The number of rotatable bonds is 0. The summed E-state index contributed by atoms with van der Waals surface area (Å²) in [6.45, 7) is 2.56. The quantitative estimate of drug-likeness (QED) is 0.549. The lowest BCUT2D eigenvalue weighted by Gasteiger charge is -2.12. The fourth-order valence-electron chi connectivity index (χ4n) is 1.25. The van der Waals surface area contributed by atoms with Gasteiger partial charge in [-0.15, -0.1) is 0 Å². The molecule has 11 heavy (non-hydrogen) atoms. The van der Waals surface area contributed by atoms with E-state index in [9.17, 15) is 0 Å². The van der Waals surface area contributed by atoms with Gasteiger partial charge in [0.05, 0.1) is 5.71 Å². The third-order valence-corrected chi connectivity index (χ3v) is 1.83. The van der Waals surface area contributed by atoms with Crippen LogP contribution in [-0.4, -0.2) is 5.71 Å². The van der Waals surface area contributed by atoms with Crippen molar-refractivity contribution in [2.45, 2.75) is 13.5 Å². The van der Waals surface area contributed by atoms with Gasteiger partial charge in [-0.2, -0.15) is 0 Å². The van der Waals surface area contributed by atoms with Gasteiger partial charge in [-0.3, -0.25) is 0 Å². The molecule has 0 unspecified atom stereocenters. The molecule has 2 heteroatoms. The molecule has 0 aliphatic carbocycles. The van der Waals surface area contributed by atoms with Gasteiger partial charge in [0.2, 0.25) is 0 Å². The number of oxime groups is 1. The van der Waals surface area contributed by atoms with Crippen LogP contribution < -0.4 is 0 Å². The van der Waals surface area contributed by atoms with Crippen LogP contribution in [0.1, 0.15) is 18.1 Å². The van der Waals surface area contributed by atoms with E-state index < -0.39 is 0 Å². The van der Waals surface area contributed by atoms with E-state index in [-0.39, 0.29) is 0 Å². The first kappa shape index (κ1) is 6.40. The van der Waals surface area contributed by atoms with Crippen LogP contribution in [0.25, 0.3) is 0 Å². The fraction of sp³-hybridized carbons (Fsp3) is 0.222. The number of benzene rings is 1. The van der Waals surface area contributed by atoms with E-state index >= 15 is 0 Å². The highest BCUT2D eigenvalue weighted by Gasteiger charge is 2.09. The lowest BCUT2D eigenvalue weighted by Crippen LogP contribution is -2.07. The van der Waals surface area contributed by atoms with Crippen LogP contribution in [0.15, 0.2) is 29.4 Å². The molecule has 0 saturated heterocycles. The summed E-state index contributed by atoms with van der Waals surface area (Å²) >= 11 is 0. The zero-order valence-corrected chi connectivity index (χ0v) is 6.37. The Labute approximate surface area is 65.5 Å². The van der Waals surface area contributed by atoms with Gasteiger partial charge in [0.15, 0.2) is 0 Å². The molecule has 0 radical (unpaired) electrons. The Morgan fingerprint density at radius 2 is 2.18 bits per heavy atom. The topological polar surface area (TPSA) is 21.6 Å². The molecule has 56 valence electrons. The molecular weight excluding hydrogens is 138 g/mol. The van der Waals surface area contributed by atoms with Crippen LogP contribution in [0, 0.1) is 0 Å². The van der Waals surface area contributed by atoms with Crippen LogP contribution in [0.5, 0.6) is 0 Å². The Bertz CT molecular complexity index is 304.